The second-order valence-electron chi connectivity index (χ2n) is 7.44. The van der Waals surface area contributed by atoms with E-state index in [1.54, 1.807) is 0 Å². The third kappa shape index (κ3) is 4.65. The van der Waals surface area contributed by atoms with Gasteiger partial charge in [0, 0.05) is 30.4 Å². The Labute approximate surface area is 172 Å². The highest BCUT2D eigenvalue weighted by atomic mass is 35.5. The third-order valence-corrected chi connectivity index (χ3v) is 5.55. The smallest absolute Gasteiger partial charge is 0.244 e. The molecule has 1 amide bonds. The number of rotatable bonds is 3. The molecule has 2 aromatic rings. The molecule has 1 fully saturated rings. The molecule has 2 aliphatic rings. The number of benzene rings is 1. The van der Waals surface area contributed by atoms with Crippen LogP contribution in [0, 0.1) is 0 Å². The van der Waals surface area contributed by atoms with Crippen LogP contribution in [0.2, 0.25) is 0 Å². The van der Waals surface area contributed by atoms with Crippen LogP contribution in [0.25, 0.3) is 11.3 Å². The van der Waals surface area contributed by atoms with E-state index in [-0.39, 0.29) is 30.7 Å². The van der Waals surface area contributed by atoms with E-state index in [0.717, 1.165) is 55.6 Å². The molecule has 1 saturated carbocycles. The highest BCUT2D eigenvalue weighted by molar-refractivity contribution is 5.98. The molecule has 3 N–H and O–H groups in total. The van der Waals surface area contributed by atoms with Crippen LogP contribution in [0.15, 0.2) is 30.5 Å². The summed E-state index contributed by atoms with van der Waals surface area (Å²) in [5, 5.41) is 2.99. The van der Waals surface area contributed by atoms with Crippen molar-refractivity contribution in [1.29, 1.82) is 0 Å². The molecule has 7 heteroatoms. The van der Waals surface area contributed by atoms with E-state index >= 15 is 0 Å². The number of anilines is 1. The first-order valence-corrected chi connectivity index (χ1v) is 9.41. The number of carbonyl (C=O) groups is 1. The van der Waals surface area contributed by atoms with Crippen molar-refractivity contribution < 1.29 is 4.79 Å². The summed E-state index contributed by atoms with van der Waals surface area (Å²) >= 11 is 0. The van der Waals surface area contributed by atoms with Crippen LogP contribution in [-0.4, -0.2) is 21.0 Å². The minimum atomic E-state index is -0.708. The summed E-state index contributed by atoms with van der Waals surface area (Å²) in [7, 11) is 0. The molecular weight excluding hydrogens is 383 g/mol. The number of aryl methyl sites for hydroxylation is 2. The van der Waals surface area contributed by atoms with Crippen LogP contribution in [0.4, 0.5) is 5.69 Å². The highest BCUT2D eigenvalue weighted by Gasteiger charge is 2.35. The maximum absolute atomic E-state index is 12.5. The molecule has 0 atom stereocenters. The first kappa shape index (κ1) is 21.7. The fourth-order valence-corrected chi connectivity index (χ4v) is 3.94. The molecule has 27 heavy (non-hydrogen) atoms. The number of carbonyl (C=O) groups excluding carboxylic acids is 1. The maximum Gasteiger partial charge on any atom is 0.244 e. The van der Waals surface area contributed by atoms with Crippen LogP contribution < -0.4 is 11.1 Å². The van der Waals surface area contributed by atoms with Crippen molar-refractivity contribution in [2.45, 2.75) is 63.5 Å². The van der Waals surface area contributed by atoms with Crippen LogP contribution in [0.5, 0.6) is 0 Å². The van der Waals surface area contributed by atoms with Gasteiger partial charge in [0.25, 0.3) is 0 Å². The lowest BCUT2D eigenvalue weighted by atomic mass is 9.82. The largest absolute Gasteiger partial charge is 0.334 e. The molecule has 1 aliphatic heterocycles. The van der Waals surface area contributed by atoms with Crippen LogP contribution >= 0.6 is 24.8 Å². The van der Waals surface area contributed by atoms with Gasteiger partial charge < -0.3 is 15.6 Å². The Kier molecular flexibility index (Phi) is 7.32. The molecule has 0 saturated heterocycles. The highest BCUT2D eigenvalue weighted by Crippen LogP contribution is 2.28. The molecule has 2 heterocycles. The predicted octanol–water partition coefficient (Wildman–Crippen LogP) is 4.33. The van der Waals surface area contributed by atoms with E-state index in [1.165, 1.54) is 25.1 Å². The average Bonchev–Trinajstić information content (AvgIpc) is 3.07. The van der Waals surface area contributed by atoms with E-state index in [1.807, 2.05) is 24.3 Å². The van der Waals surface area contributed by atoms with Crippen LogP contribution in [-0.2, 0) is 17.8 Å². The van der Waals surface area contributed by atoms with Gasteiger partial charge in [-0.2, -0.15) is 0 Å². The third-order valence-electron chi connectivity index (χ3n) is 5.55. The summed E-state index contributed by atoms with van der Waals surface area (Å²) in [6.07, 6.45) is 10.5. The van der Waals surface area contributed by atoms with Gasteiger partial charge >= 0.3 is 0 Å². The molecule has 0 radical (unpaired) electrons. The Bertz CT molecular complexity index is 743. The van der Waals surface area contributed by atoms with E-state index in [4.69, 9.17) is 10.7 Å². The quantitative estimate of drug-likeness (QED) is 0.790. The number of nitrogens with two attached hydrogens (primary N) is 1. The minimum absolute atomic E-state index is 0. The van der Waals surface area contributed by atoms with Crippen molar-refractivity contribution >= 4 is 36.4 Å². The standard InChI is InChI=1S/C20H26N4O.2ClH/c21-20(11-3-1-4-12-20)19(25)22-16-9-7-15(8-10-16)17-14-24-13-5-2-6-18(24)23-17;;/h7-10,14H,1-6,11-13,21H2,(H,22,25);2*1H. The number of nitrogens with one attached hydrogen (secondary N) is 1. The molecule has 1 aromatic heterocycles. The number of halogens is 2. The molecule has 0 bridgehead atoms. The zero-order valence-corrected chi connectivity index (χ0v) is 17.1. The molecule has 4 rings (SSSR count). The second-order valence-corrected chi connectivity index (χ2v) is 7.44. The summed E-state index contributed by atoms with van der Waals surface area (Å²) in [4.78, 5) is 17.3. The zero-order valence-electron chi connectivity index (χ0n) is 15.4. The summed E-state index contributed by atoms with van der Waals surface area (Å²) < 4.78 is 2.26. The molecule has 1 aromatic carbocycles. The topological polar surface area (TPSA) is 72.9 Å². The van der Waals surface area contributed by atoms with Gasteiger partial charge in [0.05, 0.1) is 11.2 Å². The van der Waals surface area contributed by atoms with E-state index < -0.39 is 5.54 Å². The maximum atomic E-state index is 12.5. The monoisotopic (exact) mass is 410 g/mol. The van der Waals surface area contributed by atoms with Gasteiger partial charge in [-0.1, -0.05) is 31.4 Å². The number of aromatic nitrogens is 2. The molecule has 148 valence electrons. The fourth-order valence-electron chi connectivity index (χ4n) is 3.94. The molecule has 1 aliphatic carbocycles. The van der Waals surface area contributed by atoms with Crippen molar-refractivity contribution in [2.75, 3.05) is 5.32 Å². The number of fused-ring (bicyclic) bond motifs is 1. The summed E-state index contributed by atoms with van der Waals surface area (Å²) in [5.74, 6) is 1.12. The van der Waals surface area contributed by atoms with E-state index in [0.29, 0.717) is 0 Å². The summed E-state index contributed by atoms with van der Waals surface area (Å²) in [6, 6.07) is 7.93. The Morgan fingerprint density at radius 2 is 1.74 bits per heavy atom. The molecule has 0 unspecified atom stereocenters. The molecule has 5 nitrogen and oxygen atoms in total. The van der Waals surface area contributed by atoms with Gasteiger partial charge in [-0.05, 0) is 37.8 Å². The second kappa shape index (κ2) is 9.09. The van der Waals surface area contributed by atoms with Gasteiger partial charge in [-0.15, -0.1) is 24.8 Å². The average molecular weight is 411 g/mol. The van der Waals surface area contributed by atoms with Gasteiger partial charge in [-0.25, -0.2) is 4.98 Å². The Balaban J connectivity index is 0.00000131. The molecule has 0 spiro atoms. The number of hydrogen-bond donors (Lipinski definition) is 2. The van der Waals surface area contributed by atoms with E-state index in [9.17, 15) is 4.79 Å². The fraction of sp³-hybridized carbons (Fsp3) is 0.500. The number of amides is 1. The Hall–Kier alpha value is -1.56. The first-order chi connectivity index (χ1) is 12.1. The number of imidazole rings is 1. The van der Waals surface area contributed by atoms with Crippen molar-refractivity contribution in [3.8, 4) is 11.3 Å². The summed E-state index contributed by atoms with van der Waals surface area (Å²) in [5.41, 5.74) is 8.49. The minimum Gasteiger partial charge on any atom is -0.334 e. The normalized spacial score (nSPS) is 17.8. The van der Waals surface area contributed by atoms with Gasteiger partial charge in [0.15, 0.2) is 0 Å². The van der Waals surface area contributed by atoms with Crippen molar-refractivity contribution in [1.82, 2.24) is 9.55 Å². The summed E-state index contributed by atoms with van der Waals surface area (Å²) in [6.45, 7) is 1.06. The Morgan fingerprint density at radius 3 is 2.41 bits per heavy atom. The van der Waals surface area contributed by atoms with Crippen LogP contribution in [0.3, 0.4) is 0 Å². The van der Waals surface area contributed by atoms with Gasteiger partial charge in [0.1, 0.15) is 5.82 Å². The lowest BCUT2D eigenvalue weighted by Crippen LogP contribution is -2.52. The molecular formula is C20H28Cl2N4O. The van der Waals surface area contributed by atoms with Crippen molar-refractivity contribution in [2.24, 2.45) is 5.73 Å². The Morgan fingerprint density at radius 1 is 1.04 bits per heavy atom. The van der Waals surface area contributed by atoms with Gasteiger partial charge in [-0.3, -0.25) is 4.79 Å². The van der Waals surface area contributed by atoms with Crippen LogP contribution in [0.1, 0.15) is 50.8 Å². The SMILES string of the molecule is Cl.Cl.NC1(C(=O)Nc2ccc(-c3cn4c(n3)CCCC4)cc2)CCCCC1. The number of nitrogens with zero attached hydrogens (tertiary/aromatic N) is 2. The lowest BCUT2D eigenvalue weighted by Gasteiger charge is -2.31. The zero-order chi connectivity index (χ0) is 17.3. The lowest BCUT2D eigenvalue weighted by molar-refractivity contribution is -0.122. The predicted molar refractivity (Wildman–Crippen MR) is 114 cm³/mol. The number of hydrogen-bond acceptors (Lipinski definition) is 3. The van der Waals surface area contributed by atoms with Crippen molar-refractivity contribution in [3.05, 3.63) is 36.3 Å². The van der Waals surface area contributed by atoms with E-state index in [2.05, 4.69) is 16.1 Å². The van der Waals surface area contributed by atoms with Gasteiger partial charge in [0.2, 0.25) is 5.91 Å². The van der Waals surface area contributed by atoms with Crippen molar-refractivity contribution in [3.63, 3.8) is 0 Å². The first-order valence-electron chi connectivity index (χ1n) is 9.41.